The van der Waals surface area contributed by atoms with Crippen LogP contribution in [0.1, 0.15) is 19.3 Å². The van der Waals surface area contributed by atoms with Crippen molar-refractivity contribution >= 4 is 0 Å². The molecular weight excluding hydrogens is 126 g/mol. The van der Waals surface area contributed by atoms with Gasteiger partial charge >= 0.3 is 0 Å². The van der Waals surface area contributed by atoms with E-state index in [0.29, 0.717) is 6.61 Å². The third-order valence-electron chi connectivity index (χ3n) is 1.49. The second-order valence-corrected chi connectivity index (χ2v) is 2.59. The third-order valence-corrected chi connectivity index (χ3v) is 1.49. The highest BCUT2D eigenvalue weighted by molar-refractivity contribution is 4.52. The lowest BCUT2D eigenvalue weighted by Gasteiger charge is -2.13. The molecule has 2 nitrogen and oxygen atoms in total. The van der Waals surface area contributed by atoms with Crippen LogP contribution in [0.4, 0.5) is 0 Å². The summed E-state index contributed by atoms with van der Waals surface area (Å²) in [5.74, 6) is 0. The van der Waals surface area contributed by atoms with Gasteiger partial charge in [-0.05, 0) is 39.4 Å². The molecule has 0 aromatic rings. The summed E-state index contributed by atoms with van der Waals surface area (Å²) in [5, 5.41) is 8.48. The summed E-state index contributed by atoms with van der Waals surface area (Å²) >= 11 is 0. The van der Waals surface area contributed by atoms with E-state index in [2.05, 4.69) is 18.9 Å². The molecule has 0 unspecified atom stereocenters. The van der Waals surface area contributed by atoms with E-state index in [1.807, 2.05) is 0 Å². The zero-order valence-electron chi connectivity index (χ0n) is 6.84. The van der Waals surface area contributed by atoms with Crippen molar-refractivity contribution in [1.29, 1.82) is 0 Å². The van der Waals surface area contributed by atoms with Crippen LogP contribution < -0.4 is 0 Å². The number of hydrogen-bond acceptors (Lipinski definition) is 2. The Morgan fingerprint density at radius 2 is 2.00 bits per heavy atom. The number of aliphatic hydroxyl groups excluding tert-OH is 1. The van der Waals surface area contributed by atoms with Crippen molar-refractivity contribution in [3.05, 3.63) is 6.92 Å². The topological polar surface area (TPSA) is 23.5 Å². The standard InChI is InChI=1S/C8H18NO/c1-3-6-9(2)7-4-5-8-10/h10H,1,3-8H2,2H3. The first kappa shape index (κ1) is 9.92. The second-order valence-electron chi connectivity index (χ2n) is 2.59. The van der Waals surface area contributed by atoms with E-state index in [-0.39, 0.29) is 0 Å². The summed E-state index contributed by atoms with van der Waals surface area (Å²) < 4.78 is 0. The molecule has 1 N–H and O–H groups in total. The molecule has 61 valence electrons. The van der Waals surface area contributed by atoms with Crippen molar-refractivity contribution < 1.29 is 5.11 Å². The zero-order valence-corrected chi connectivity index (χ0v) is 6.84. The maximum atomic E-state index is 8.48. The van der Waals surface area contributed by atoms with Gasteiger partial charge in [-0.15, -0.1) is 0 Å². The molecule has 0 heterocycles. The number of nitrogens with zero attached hydrogens (tertiary/aromatic N) is 1. The van der Waals surface area contributed by atoms with Crippen molar-refractivity contribution in [2.75, 3.05) is 26.7 Å². The van der Waals surface area contributed by atoms with Gasteiger partial charge in [-0.3, -0.25) is 0 Å². The molecule has 0 aliphatic heterocycles. The van der Waals surface area contributed by atoms with E-state index >= 15 is 0 Å². The van der Waals surface area contributed by atoms with Crippen LogP contribution in [0.3, 0.4) is 0 Å². The Hall–Kier alpha value is -0.0800. The van der Waals surface area contributed by atoms with E-state index in [1.165, 1.54) is 0 Å². The summed E-state index contributed by atoms with van der Waals surface area (Å²) in [6.07, 6.45) is 2.98. The normalized spacial score (nSPS) is 10.8. The van der Waals surface area contributed by atoms with Gasteiger partial charge in [0.05, 0.1) is 0 Å². The molecule has 0 aromatic heterocycles. The summed E-state index contributed by atoms with van der Waals surface area (Å²) in [6, 6.07) is 0. The third kappa shape index (κ3) is 6.05. The van der Waals surface area contributed by atoms with Gasteiger partial charge in [0.2, 0.25) is 0 Å². The molecule has 0 fully saturated rings. The van der Waals surface area contributed by atoms with Crippen LogP contribution in [0.15, 0.2) is 0 Å². The molecule has 10 heavy (non-hydrogen) atoms. The lowest BCUT2D eigenvalue weighted by molar-refractivity contribution is 0.264. The highest BCUT2D eigenvalue weighted by Crippen LogP contribution is 1.92. The molecule has 0 aliphatic rings. The van der Waals surface area contributed by atoms with E-state index in [0.717, 1.165) is 32.4 Å². The Bertz CT molecular complexity index is 66.3. The van der Waals surface area contributed by atoms with Crippen LogP contribution in [0.25, 0.3) is 0 Å². The Morgan fingerprint density at radius 3 is 2.50 bits per heavy atom. The fourth-order valence-electron chi connectivity index (χ4n) is 0.875. The smallest absolute Gasteiger partial charge is 0.0431 e. The van der Waals surface area contributed by atoms with Gasteiger partial charge < -0.3 is 10.0 Å². The van der Waals surface area contributed by atoms with Crippen LogP contribution in [-0.4, -0.2) is 36.8 Å². The molecule has 0 saturated heterocycles. The van der Waals surface area contributed by atoms with E-state index < -0.39 is 0 Å². The molecule has 0 aromatic carbocycles. The maximum absolute atomic E-state index is 8.48. The van der Waals surface area contributed by atoms with Gasteiger partial charge in [0, 0.05) is 6.61 Å². The van der Waals surface area contributed by atoms with Crippen LogP contribution in [0.2, 0.25) is 0 Å². The molecule has 0 amide bonds. The Labute approximate surface area is 63.8 Å². The first-order valence-corrected chi connectivity index (χ1v) is 3.90. The lowest BCUT2D eigenvalue weighted by Crippen LogP contribution is -2.20. The molecule has 0 bridgehead atoms. The van der Waals surface area contributed by atoms with Gasteiger partial charge in [0.25, 0.3) is 0 Å². The largest absolute Gasteiger partial charge is 0.396 e. The van der Waals surface area contributed by atoms with Crippen molar-refractivity contribution in [2.24, 2.45) is 0 Å². The SMILES string of the molecule is [CH2]CCN(C)CCCCO. The van der Waals surface area contributed by atoms with Gasteiger partial charge in [0.1, 0.15) is 0 Å². The predicted molar refractivity (Wildman–Crippen MR) is 43.8 cm³/mol. The van der Waals surface area contributed by atoms with E-state index in [4.69, 9.17) is 5.11 Å². The fourth-order valence-corrected chi connectivity index (χ4v) is 0.875. The van der Waals surface area contributed by atoms with Crippen molar-refractivity contribution in [2.45, 2.75) is 19.3 Å². The molecule has 0 spiro atoms. The summed E-state index contributed by atoms with van der Waals surface area (Å²) in [6.45, 7) is 6.22. The van der Waals surface area contributed by atoms with Crippen LogP contribution in [-0.2, 0) is 0 Å². The number of rotatable bonds is 6. The molecule has 2 heteroatoms. The molecule has 0 saturated carbocycles. The van der Waals surface area contributed by atoms with Crippen LogP contribution in [0.5, 0.6) is 0 Å². The first-order valence-electron chi connectivity index (χ1n) is 3.90. The average Bonchev–Trinajstić information content (AvgIpc) is 1.89. The van der Waals surface area contributed by atoms with Crippen molar-refractivity contribution in [1.82, 2.24) is 4.90 Å². The number of aliphatic hydroxyl groups is 1. The van der Waals surface area contributed by atoms with Gasteiger partial charge in [-0.25, -0.2) is 0 Å². The van der Waals surface area contributed by atoms with Gasteiger partial charge in [-0.1, -0.05) is 6.92 Å². The maximum Gasteiger partial charge on any atom is 0.0431 e. The first-order chi connectivity index (χ1) is 4.81. The average molecular weight is 144 g/mol. The summed E-state index contributed by atoms with van der Waals surface area (Å²) in [7, 11) is 2.09. The van der Waals surface area contributed by atoms with Crippen LogP contribution in [0, 0.1) is 6.92 Å². The minimum Gasteiger partial charge on any atom is -0.396 e. The molecule has 0 atom stereocenters. The molecular formula is C8H18NO. The van der Waals surface area contributed by atoms with Crippen molar-refractivity contribution in [3.63, 3.8) is 0 Å². The zero-order chi connectivity index (χ0) is 7.82. The van der Waals surface area contributed by atoms with E-state index in [9.17, 15) is 0 Å². The minimum atomic E-state index is 0.318. The van der Waals surface area contributed by atoms with Gasteiger partial charge in [-0.2, -0.15) is 0 Å². The van der Waals surface area contributed by atoms with Crippen LogP contribution >= 0.6 is 0 Å². The minimum absolute atomic E-state index is 0.318. The predicted octanol–water partition coefficient (Wildman–Crippen LogP) is 0.915. The van der Waals surface area contributed by atoms with Crippen molar-refractivity contribution in [3.8, 4) is 0 Å². The molecule has 1 radical (unpaired) electrons. The quantitative estimate of drug-likeness (QED) is 0.560. The highest BCUT2D eigenvalue weighted by Gasteiger charge is 1.94. The van der Waals surface area contributed by atoms with Gasteiger partial charge in [0.15, 0.2) is 0 Å². The summed E-state index contributed by atoms with van der Waals surface area (Å²) in [4.78, 5) is 2.24. The number of unbranched alkanes of at least 4 members (excludes halogenated alkanes) is 1. The molecule has 0 aliphatic carbocycles. The van der Waals surface area contributed by atoms with E-state index in [1.54, 1.807) is 0 Å². The summed E-state index contributed by atoms with van der Waals surface area (Å²) in [5.41, 5.74) is 0. The lowest BCUT2D eigenvalue weighted by atomic mass is 10.3. The Kier molecular flexibility index (Phi) is 6.98. The monoisotopic (exact) mass is 144 g/mol. The fraction of sp³-hybridized carbons (Fsp3) is 0.875. The Morgan fingerprint density at radius 1 is 1.30 bits per heavy atom. The second kappa shape index (κ2) is 7.03. The molecule has 0 rings (SSSR count). The highest BCUT2D eigenvalue weighted by atomic mass is 16.2. The Balaban J connectivity index is 2.97. The number of hydrogen-bond donors (Lipinski definition) is 1.